The summed E-state index contributed by atoms with van der Waals surface area (Å²) in [7, 11) is 0. The molecule has 1 heterocycles. The Balaban J connectivity index is 2.29. The van der Waals surface area contributed by atoms with Crippen molar-refractivity contribution in [3.8, 4) is 22.8 Å². The minimum absolute atomic E-state index is 0.000291. The number of phenols is 1. The normalized spacial score (nSPS) is 10.6. The van der Waals surface area contributed by atoms with Crippen molar-refractivity contribution in [1.29, 1.82) is 0 Å². The Labute approximate surface area is 157 Å². The van der Waals surface area contributed by atoms with Gasteiger partial charge >= 0.3 is 12.1 Å². The Morgan fingerprint density at radius 2 is 1.64 bits per heavy atom. The second-order valence-electron chi connectivity index (χ2n) is 6.01. The first-order valence-electron chi connectivity index (χ1n) is 7.94. The van der Waals surface area contributed by atoms with Crippen LogP contribution in [-0.2, 0) is 0 Å². The molecule has 0 bridgehead atoms. The number of phenolic OH excluding ortho intramolecular Hbond substituents is 1. The number of nitrogens with one attached hydrogen (secondary N) is 2. The number of hydrogen-bond acceptors (Lipinski definition) is 6. The first-order valence-corrected chi connectivity index (χ1v) is 7.94. The number of aromatic hydroxyl groups is 2. The minimum atomic E-state index is -0.917. The van der Waals surface area contributed by atoms with Gasteiger partial charge in [-0.3, -0.25) is 4.79 Å². The van der Waals surface area contributed by atoms with Crippen molar-refractivity contribution in [2.24, 2.45) is 11.5 Å². The third-order valence-electron chi connectivity index (χ3n) is 3.89. The fraction of sp³-hybridized carbons (Fsp3) is 0.0556. The molecule has 3 aromatic rings. The van der Waals surface area contributed by atoms with Crippen molar-refractivity contribution >= 4 is 34.4 Å². The van der Waals surface area contributed by atoms with Crippen molar-refractivity contribution in [1.82, 2.24) is 0 Å². The van der Waals surface area contributed by atoms with Crippen molar-refractivity contribution in [2.75, 3.05) is 10.6 Å². The highest BCUT2D eigenvalue weighted by Gasteiger charge is 2.19. The lowest BCUT2D eigenvalue weighted by Gasteiger charge is -2.12. The van der Waals surface area contributed by atoms with Gasteiger partial charge in [0, 0.05) is 5.56 Å². The number of carbonyl (C=O) groups excluding carboxylic acids is 2. The Hall–Kier alpha value is -4.21. The van der Waals surface area contributed by atoms with Crippen molar-refractivity contribution in [2.45, 2.75) is 6.92 Å². The molecule has 0 aliphatic heterocycles. The Morgan fingerprint density at radius 3 is 2.29 bits per heavy atom. The number of rotatable bonds is 3. The van der Waals surface area contributed by atoms with Gasteiger partial charge in [0.2, 0.25) is 11.2 Å². The molecule has 0 saturated heterocycles. The maximum absolute atomic E-state index is 12.6. The Morgan fingerprint density at radius 1 is 1.00 bits per heavy atom. The Bertz CT molecular complexity index is 1180. The fourth-order valence-electron chi connectivity index (χ4n) is 2.76. The van der Waals surface area contributed by atoms with Crippen LogP contribution in [0.15, 0.2) is 39.5 Å². The number of benzene rings is 2. The second-order valence-corrected chi connectivity index (χ2v) is 6.01. The molecule has 0 fully saturated rings. The molecule has 0 spiro atoms. The molecule has 10 nitrogen and oxygen atoms in total. The number of nitrogens with two attached hydrogens (primary N) is 2. The third-order valence-corrected chi connectivity index (χ3v) is 3.89. The van der Waals surface area contributed by atoms with Crippen molar-refractivity contribution in [3.63, 3.8) is 0 Å². The average Bonchev–Trinajstić information content (AvgIpc) is 2.59. The van der Waals surface area contributed by atoms with Gasteiger partial charge in [0.05, 0.1) is 16.8 Å². The monoisotopic (exact) mass is 384 g/mol. The molecule has 0 unspecified atom stereocenters. The summed E-state index contributed by atoms with van der Waals surface area (Å²) in [5.74, 6) is -1.20. The molecule has 1 aromatic heterocycles. The number of primary amides is 2. The molecule has 0 aliphatic rings. The first kappa shape index (κ1) is 18.6. The van der Waals surface area contributed by atoms with Crippen molar-refractivity contribution < 1.29 is 24.2 Å². The van der Waals surface area contributed by atoms with Gasteiger partial charge in [-0.1, -0.05) is 0 Å². The molecular formula is C18H16N4O6. The summed E-state index contributed by atoms with van der Waals surface area (Å²) in [6, 6.07) is 5.12. The maximum Gasteiger partial charge on any atom is 0.316 e. The smallest absolute Gasteiger partial charge is 0.316 e. The number of fused-ring (bicyclic) bond motifs is 1. The largest absolute Gasteiger partial charge is 0.506 e. The van der Waals surface area contributed by atoms with Crippen LogP contribution in [0.25, 0.3) is 22.3 Å². The zero-order valence-corrected chi connectivity index (χ0v) is 14.6. The maximum atomic E-state index is 12.6. The summed E-state index contributed by atoms with van der Waals surface area (Å²) in [5, 5.41) is 24.8. The molecule has 4 amide bonds. The number of anilines is 2. The number of amides is 4. The van der Waals surface area contributed by atoms with Crippen LogP contribution in [-0.4, -0.2) is 22.3 Å². The van der Waals surface area contributed by atoms with Crippen LogP contribution in [0.3, 0.4) is 0 Å². The summed E-state index contributed by atoms with van der Waals surface area (Å²) in [6.07, 6.45) is 0. The molecule has 3 rings (SSSR count). The van der Waals surface area contributed by atoms with E-state index in [1.165, 1.54) is 24.3 Å². The van der Waals surface area contributed by atoms with E-state index in [0.29, 0.717) is 5.56 Å². The fourth-order valence-corrected chi connectivity index (χ4v) is 2.76. The average molecular weight is 384 g/mol. The third kappa shape index (κ3) is 3.38. The van der Waals surface area contributed by atoms with Crippen LogP contribution in [0.1, 0.15) is 5.56 Å². The highest BCUT2D eigenvalue weighted by molar-refractivity contribution is 5.99. The SMILES string of the molecule is Cc1cc(NC(N)=O)c2oc(-c3ccc(O)c(NC(N)=O)c3)c(O)c(=O)c2c1. The van der Waals surface area contributed by atoms with Crippen LogP contribution in [0.4, 0.5) is 21.0 Å². The zero-order chi connectivity index (χ0) is 20.6. The number of carbonyl (C=O) groups is 2. The zero-order valence-electron chi connectivity index (χ0n) is 14.6. The predicted molar refractivity (Wildman–Crippen MR) is 102 cm³/mol. The van der Waals surface area contributed by atoms with Gasteiger partial charge in [-0.2, -0.15) is 0 Å². The van der Waals surface area contributed by atoms with E-state index in [4.69, 9.17) is 15.9 Å². The van der Waals surface area contributed by atoms with Gasteiger partial charge < -0.3 is 36.7 Å². The molecule has 144 valence electrons. The lowest BCUT2D eigenvalue weighted by molar-refractivity contribution is 0.258. The topological polar surface area (TPSA) is 181 Å². The van der Waals surface area contributed by atoms with Crippen LogP contribution >= 0.6 is 0 Å². The predicted octanol–water partition coefficient (Wildman–Crippen LogP) is 2.16. The molecular weight excluding hydrogens is 368 g/mol. The second kappa shape index (κ2) is 6.83. The van der Waals surface area contributed by atoms with E-state index in [1.807, 2.05) is 0 Å². The van der Waals surface area contributed by atoms with Crippen molar-refractivity contribution in [3.05, 3.63) is 46.1 Å². The molecule has 0 aliphatic carbocycles. The summed E-state index contributed by atoms with van der Waals surface area (Å²) in [6.45, 7) is 1.69. The lowest BCUT2D eigenvalue weighted by Crippen LogP contribution is -2.20. The summed E-state index contributed by atoms with van der Waals surface area (Å²) < 4.78 is 5.70. The van der Waals surface area contributed by atoms with Gasteiger partial charge in [-0.15, -0.1) is 0 Å². The molecule has 8 N–H and O–H groups in total. The van der Waals surface area contributed by atoms with Crippen LogP contribution in [0, 0.1) is 6.92 Å². The Kier molecular flexibility index (Phi) is 4.53. The summed E-state index contributed by atoms with van der Waals surface area (Å²) in [5.41, 5.74) is 10.4. The molecule has 0 radical (unpaired) electrons. The quantitative estimate of drug-likeness (QED) is 0.376. The van der Waals surface area contributed by atoms with Gasteiger partial charge in [-0.25, -0.2) is 9.59 Å². The number of urea groups is 2. The van der Waals surface area contributed by atoms with E-state index < -0.39 is 23.2 Å². The van der Waals surface area contributed by atoms with Gasteiger partial charge in [-0.05, 0) is 42.8 Å². The molecule has 0 saturated carbocycles. The van der Waals surface area contributed by atoms with E-state index in [1.54, 1.807) is 13.0 Å². The summed E-state index contributed by atoms with van der Waals surface area (Å²) in [4.78, 5) is 35.0. The van der Waals surface area contributed by atoms with Crippen LogP contribution in [0.2, 0.25) is 0 Å². The molecule has 10 heteroatoms. The molecule has 28 heavy (non-hydrogen) atoms. The molecule has 0 atom stereocenters. The summed E-state index contributed by atoms with van der Waals surface area (Å²) >= 11 is 0. The number of aryl methyl sites for hydroxylation is 1. The highest BCUT2D eigenvalue weighted by atomic mass is 16.4. The number of hydrogen-bond donors (Lipinski definition) is 6. The first-order chi connectivity index (χ1) is 13.2. The van der Waals surface area contributed by atoms with E-state index in [9.17, 15) is 24.6 Å². The van der Waals surface area contributed by atoms with E-state index >= 15 is 0 Å². The van der Waals surface area contributed by atoms with E-state index in [2.05, 4.69) is 10.6 Å². The van der Waals surface area contributed by atoms with E-state index in [0.717, 1.165) is 0 Å². The van der Waals surface area contributed by atoms with Gasteiger partial charge in [0.1, 0.15) is 5.75 Å². The van der Waals surface area contributed by atoms with Gasteiger partial charge in [0.25, 0.3) is 0 Å². The highest BCUT2D eigenvalue weighted by Crippen LogP contribution is 2.36. The molecule has 2 aromatic carbocycles. The van der Waals surface area contributed by atoms with Crippen LogP contribution < -0.4 is 27.5 Å². The van der Waals surface area contributed by atoms with Gasteiger partial charge in [0.15, 0.2) is 11.3 Å². The standard InChI is InChI=1S/C18H16N4O6/c1-7-4-9-13(24)14(25)15(28-16(9)11(5-7)22-18(20)27)8-2-3-12(23)10(6-8)21-17(19)26/h2-6,23,25H,1H3,(H3,19,21,26)(H3,20,22,27). The minimum Gasteiger partial charge on any atom is -0.506 e. The van der Waals surface area contributed by atoms with E-state index in [-0.39, 0.29) is 39.4 Å². The lowest BCUT2D eigenvalue weighted by atomic mass is 10.1. The van der Waals surface area contributed by atoms with Crippen LogP contribution in [0.5, 0.6) is 11.5 Å².